The fraction of sp³-hybridized carbons (Fsp3) is 0.538. The number of aromatic nitrogens is 1. The Hall–Kier alpha value is -0.840. The van der Waals surface area contributed by atoms with E-state index in [1.807, 2.05) is 13.0 Å². The predicted octanol–water partition coefficient (Wildman–Crippen LogP) is 2.56. The monoisotopic (exact) mass is 305 g/mol. The van der Waals surface area contributed by atoms with E-state index >= 15 is 0 Å². The molecule has 0 aliphatic carbocycles. The molecule has 2 N–H and O–H groups in total. The highest BCUT2D eigenvalue weighted by atomic mass is 35.5. The van der Waals surface area contributed by atoms with Crippen LogP contribution in [0.2, 0.25) is 0 Å². The van der Waals surface area contributed by atoms with Crippen LogP contribution in [-0.2, 0) is 4.79 Å². The Balaban J connectivity index is 0.00000162. The molecule has 0 spiro atoms. The number of anilines is 1. The number of nitrogens with zero attached hydrogens (tertiary/aromatic N) is 1. The van der Waals surface area contributed by atoms with Gasteiger partial charge in [0.05, 0.1) is 0 Å². The van der Waals surface area contributed by atoms with Crippen LogP contribution in [0.25, 0.3) is 0 Å². The minimum absolute atomic E-state index is 0. The van der Waals surface area contributed by atoms with Crippen molar-refractivity contribution in [2.45, 2.75) is 26.2 Å². The van der Waals surface area contributed by atoms with Gasteiger partial charge in [0.1, 0.15) is 0 Å². The lowest BCUT2D eigenvalue weighted by molar-refractivity contribution is -0.117. The smallest absolute Gasteiger partial charge is 0.224 e. The van der Waals surface area contributed by atoms with Crippen LogP contribution < -0.4 is 10.6 Å². The van der Waals surface area contributed by atoms with Gasteiger partial charge in [-0.15, -0.1) is 24.8 Å². The molecule has 108 valence electrons. The largest absolute Gasteiger partial charge is 0.326 e. The number of rotatable bonds is 3. The Bertz CT molecular complexity index is 395. The van der Waals surface area contributed by atoms with E-state index in [2.05, 4.69) is 15.6 Å². The summed E-state index contributed by atoms with van der Waals surface area (Å²) in [5.74, 6) is 0.643. The van der Waals surface area contributed by atoms with E-state index in [0.29, 0.717) is 12.3 Å². The second-order valence-corrected chi connectivity index (χ2v) is 4.64. The van der Waals surface area contributed by atoms with Crippen molar-refractivity contribution in [3.05, 3.63) is 24.0 Å². The maximum Gasteiger partial charge on any atom is 0.224 e. The zero-order valence-corrected chi connectivity index (χ0v) is 12.6. The number of carbonyl (C=O) groups excluding carboxylic acids is 1. The highest BCUT2D eigenvalue weighted by Crippen LogP contribution is 2.18. The Kier molecular flexibility index (Phi) is 8.72. The molecule has 1 amide bonds. The number of halogens is 2. The fourth-order valence-corrected chi connectivity index (χ4v) is 2.16. The topological polar surface area (TPSA) is 54.0 Å². The number of carbonyl (C=O) groups is 1. The Labute approximate surface area is 126 Å². The Morgan fingerprint density at radius 1 is 1.42 bits per heavy atom. The summed E-state index contributed by atoms with van der Waals surface area (Å²) >= 11 is 0. The first-order chi connectivity index (χ1) is 8.25. The minimum Gasteiger partial charge on any atom is -0.326 e. The molecule has 0 unspecified atom stereocenters. The standard InChI is InChI=1S/C13H19N3O.2ClH/c1-10-9-15-7-4-12(10)16-13(17)8-11-2-5-14-6-3-11;;/h4,7,9,11,14H,2-3,5-6,8H2,1H3,(H,15,16,17);2*1H. The van der Waals surface area contributed by atoms with Gasteiger partial charge in [-0.3, -0.25) is 9.78 Å². The quantitative estimate of drug-likeness (QED) is 0.902. The van der Waals surface area contributed by atoms with Gasteiger partial charge in [-0.2, -0.15) is 0 Å². The molecule has 1 aliphatic rings. The highest BCUT2D eigenvalue weighted by molar-refractivity contribution is 5.91. The number of piperidine rings is 1. The first-order valence-corrected chi connectivity index (χ1v) is 6.17. The molecule has 1 aromatic heterocycles. The van der Waals surface area contributed by atoms with E-state index in [1.54, 1.807) is 12.4 Å². The van der Waals surface area contributed by atoms with Gasteiger partial charge in [-0.1, -0.05) is 0 Å². The Morgan fingerprint density at radius 2 is 2.11 bits per heavy atom. The molecular weight excluding hydrogens is 285 g/mol. The molecule has 0 aromatic carbocycles. The van der Waals surface area contributed by atoms with Gasteiger partial charge in [-0.05, 0) is 50.4 Å². The summed E-state index contributed by atoms with van der Waals surface area (Å²) in [6.07, 6.45) is 6.29. The minimum atomic E-state index is 0. The van der Waals surface area contributed by atoms with Gasteiger partial charge >= 0.3 is 0 Å². The van der Waals surface area contributed by atoms with Crippen molar-refractivity contribution in [2.75, 3.05) is 18.4 Å². The van der Waals surface area contributed by atoms with E-state index in [9.17, 15) is 4.79 Å². The first kappa shape index (κ1) is 18.2. The van der Waals surface area contributed by atoms with E-state index < -0.39 is 0 Å². The maximum absolute atomic E-state index is 11.9. The number of aryl methyl sites for hydroxylation is 1. The van der Waals surface area contributed by atoms with Crippen LogP contribution in [0.15, 0.2) is 18.5 Å². The normalized spacial score (nSPS) is 15.0. The van der Waals surface area contributed by atoms with Gasteiger partial charge in [0.2, 0.25) is 5.91 Å². The van der Waals surface area contributed by atoms with Crippen LogP contribution in [0.4, 0.5) is 5.69 Å². The van der Waals surface area contributed by atoms with Crippen molar-refractivity contribution in [1.29, 1.82) is 0 Å². The van der Waals surface area contributed by atoms with Crippen LogP contribution in [0.3, 0.4) is 0 Å². The average molecular weight is 306 g/mol. The SMILES string of the molecule is Cc1cnccc1NC(=O)CC1CCNCC1.Cl.Cl. The van der Waals surface area contributed by atoms with Gasteiger partial charge in [0, 0.05) is 24.5 Å². The lowest BCUT2D eigenvalue weighted by Crippen LogP contribution is -2.30. The second-order valence-electron chi connectivity index (χ2n) is 4.64. The summed E-state index contributed by atoms with van der Waals surface area (Å²) in [5, 5.41) is 6.26. The van der Waals surface area contributed by atoms with Crippen LogP contribution in [0.5, 0.6) is 0 Å². The van der Waals surface area contributed by atoms with Crippen LogP contribution in [0.1, 0.15) is 24.8 Å². The molecule has 2 rings (SSSR count). The number of nitrogens with one attached hydrogen (secondary N) is 2. The van der Waals surface area contributed by atoms with Gasteiger partial charge in [0.15, 0.2) is 0 Å². The second kappa shape index (κ2) is 9.13. The van der Waals surface area contributed by atoms with E-state index in [0.717, 1.165) is 37.2 Å². The third kappa shape index (κ3) is 5.76. The van der Waals surface area contributed by atoms with Crippen LogP contribution in [-0.4, -0.2) is 24.0 Å². The first-order valence-electron chi connectivity index (χ1n) is 6.17. The molecular formula is C13H21Cl2N3O. The molecule has 0 atom stereocenters. The fourth-order valence-electron chi connectivity index (χ4n) is 2.16. The van der Waals surface area contributed by atoms with Crippen molar-refractivity contribution in [2.24, 2.45) is 5.92 Å². The molecule has 1 aromatic rings. The number of pyridine rings is 1. The summed E-state index contributed by atoms with van der Waals surface area (Å²) < 4.78 is 0. The number of hydrogen-bond acceptors (Lipinski definition) is 3. The molecule has 1 fully saturated rings. The predicted molar refractivity (Wildman–Crippen MR) is 82.3 cm³/mol. The van der Waals surface area contributed by atoms with E-state index in [1.165, 1.54) is 0 Å². The molecule has 1 saturated heterocycles. The molecule has 6 heteroatoms. The lowest BCUT2D eigenvalue weighted by atomic mass is 9.94. The highest BCUT2D eigenvalue weighted by Gasteiger charge is 2.16. The Morgan fingerprint density at radius 3 is 2.74 bits per heavy atom. The third-order valence-electron chi connectivity index (χ3n) is 3.23. The van der Waals surface area contributed by atoms with E-state index in [4.69, 9.17) is 0 Å². The molecule has 0 bridgehead atoms. The zero-order chi connectivity index (χ0) is 12.1. The molecule has 2 heterocycles. The number of amides is 1. The van der Waals surface area contributed by atoms with Crippen molar-refractivity contribution >= 4 is 36.4 Å². The summed E-state index contributed by atoms with van der Waals surface area (Å²) in [6.45, 7) is 4.02. The molecule has 19 heavy (non-hydrogen) atoms. The summed E-state index contributed by atoms with van der Waals surface area (Å²) in [6, 6.07) is 1.84. The third-order valence-corrected chi connectivity index (χ3v) is 3.23. The lowest BCUT2D eigenvalue weighted by Gasteiger charge is -2.22. The average Bonchev–Trinajstić information content (AvgIpc) is 2.33. The summed E-state index contributed by atoms with van der Waals surface area (Å²) in [4.78, 5) is 15.9. The maximum atomic E-state index is 11.9. The molecule has 4 nitrogen and oxygen atoms in total. The van der Waals surface area contributed by atoms with Gasteiger partial charge in [-0.25, -0.2) is 0 Å². The van der Waals surface area contributed by atoms with Crippen molar-refractivity contribution in [3.8, 4) is 0 Å². The molecule has 0 radical (unpaired) electrons. The molecule has 1 aliphatic heterocycles. The van der Waals surface area contributed by atoms with Crippen molar-refractivity contribution < 1.29 is 4.79 Å². The van der Waals surface area contributed by atoms with Crippen molar-refractivity contribution in [1.82, 2.24) is 10.3 Å². The van der Waals surface area contributed by atoms with E-state index in [-0.39, 0.29) is 30.7 Å². The van der Waals surface area contributed by atoms with Crippen LogP contribution >= 0.6 is 24.8 Å². The van der Waals surface area contributed by atoms with Crippen molar-refractivity contribution in [3.63, 3.8) is 0 Å². The molecule has 0 saturated carbocycles. The summed E-state index contributed by atoms with van der Waals surface area (Å²) in [7, 11) is 0. The van der Waals surface area contributed by atoms with Gasteiger partial charge in [0.25, 0.3) is 0 Å². The van der Waals surface area contributed by atoms with Gasteiger partial charge < -0.3 is 10.6 Å². The van der Waals surface area contributed by atoms with Crippen LogP contribution in [0, 0.1) is 12.8 Å². The summed E-state index contributed by atoms with van der Waals surface area (Å²) in [5.41, 5.74) is 1.88. The number of hydrogen-bond donors (Lipinski definition) is 2. The zero-order valence-electron chi connectivity index (χ0n) is 11.0.